The average Bonchev–Trinajstić information content (AvgIpc) is 2.53. The van der Waals surface area contributed by atoms with E-state index < -0.39 is 0 Å². The summed E-state index contributed by atoms with van der Waals surface area (Å²) in [5.74, 6) is 2.53. The zero-order chi connectivity index (χ0) is 15.1. The van der Waals surface area contributed by atoms with Gasteiger partial charge in [-0.1, -0.05) is 6.92 Å². The van der Waals surface area contributed by atoms with Gasteiger partial charge in [-0.3, -0.25) is 0 Å². The molecule has 1 aromatic heterocycles. The maximum Gasteiger partial charge on any atom is 0.158 e. The Hall–Kier alpha value is -1.40. The monoisotopic (exact) mass is 294 g/mol. The lowest BCUT2D eigenvalue weighted by molar-refractivity contribution is 0.0853. The van der Waals surface area contributed by atoms with Crippen LogP contribution < -0.4 is 10.2 Å². The maximum absolute atomic E-state index is 5.43. The molecule has 1 aliphatic heterocycles. The molecule has 6 heteroatoms. The number of nitrogens with one attached hydrogen (secondary N) is 1. The number of rotatable bonds is 7. The molecule has 118 valence electrons. The van der Waals surface area contributed by atoms with Gasteiger partial charge in [0, 0.05) is 46.0 Å². The molecule has 0 unspecified atom stereocenters. The van der Waals surface area contributed by atoms with E-state index in [1.165, 1.54) is 0 Å². The Labute approximate surface area is 126 Å². The SMILES string of the molecule is CCCNc1cc(N(C)C2CCOCC2)nc(COC)n1. The van der Waals surface area contributed by atoms with Crippen LogP contribution in [-0.4, -0.2) is 49.9 Å². The molecule has 6 nitrogen and oxygen atoms in total. The van der Waals surface area contributed by atoms with Crippen LogP contribution in [0.3, 0.4) is 0 Å². The first-order valence-corrected chi connectivity index (χ1v) is 7.66. The third-order valence-corrected chi connectivity index (χ3v) is 3.69. The second-order valence-electron chi connectivity index (χ2n) is 5.34. The van der Waals surface area contributed by atoms with E-state index in [0.29, 0.717) is 18.5 Å². The predicted octanol–water partition coefficient (Wildman–Crippen LogP) is 2.06. The van der Waals surface area contributed by atoms with Crippen LogP contribution in [0.4, 0.5) is 11.6 Å². The van der Waals surface area contributed by atoms with Crippen LogP contribution in [-0.2, 0) is 16.1 Å². The van der Waals surface area contributed by atoms with Gasteiger partial charge in [0.05, 0.1) is 0 Å². The first-order valence-electron chi connectivity index (χ1n) is 7.66. The highest BCUT2D eigenvalue weighted by molar-refractivity contribution is 5.49. The van der Waals surface area contributed by atoms with Crippen molar-refractivity contribution in [3.8, 4) is 0 Å². The molecule has 0 spiro atoms. The van der Waals surface area contributed by atoms with E-state index >= 15 is 0 Å². The molecule has 1 saturated heterocycles. The summed E-state index contributed by atoms with van der Waals surface area (Å²) in [6, 6.07) is 2.49. The number of ether oxygens (including phenoxy) is 2. The van der Waals surface area contributed by atoms with Gasteiger partial charge < -0.3 is 19.7 Å². The first-order chi connectivity index (χ1) is 10.2. The number of methoxy groups -OCH3 is 1. The van der Waals surface area contributed by atoms with E-state index in [1.54, 1.807) is 7.11 Å². The van der Waals surface area contributed by atoms with Crippen molar-refractivity contribution in [3.05, 3.63) is 11.9 Å². The fourth-order valence-corrected chi connectivity index (χ4v) is 2.46. The van der Waals surface area contributed by atoms with Crippen molar-refractivity contribution in [2.45, 2.75) is 38.8 Å². The van der Waals surface area contributed by atoms with Crippen LogP contribution >= 0.6 is 0 Å². The largest absolute Gasteiger partial charge is 0.381 e. The summed E-state index contributed by atoms with van der Waals surface area (Å²) < 4.78 is 10.6. The molecular weight excluding hydrogens is 268 g/mol. The fraction of sp³-hybridized carbons (Fsp3) is 0.733. The zero-order valence-corrected chi connectivity index (χ0v) is 13.3. The summed E-state index contributed by atoms with van der Waals surface area (Å²) in [6.07, 6.45) is 3.14. The summed E-state index contributed by atoms with van der Waals surface area (Å²) >= 11 is 0. The third-order valence-electron chi connectivity index (χ3n) is 3.69. The molecule has 21 heavy (non-hydrogen) atoms. The van der Waals surface area contributed by atoms with Crippen LogP contribution in [0.25, 0.3) is 0 Å². The van der Waals surface area contributed by atoms with Gasteiger partial charge in [0.1, 0.15) is 18.2 Å². The van der Waals surface area contributed by atoms with Crippen molar-refractivity contribution < 1.29 is 9.47 Å². The molecule has 2 rings (SSSR count). The van der Waals surface area contributed by atoms with Gasteiger partial charge in [0.25, 0.3) is 0 Å². The van der Waals surface area contributed by atoms with E-state index in [2.05, 4.69) is 34.2 Å². The molecule has 1 aromatic rings. The van der Waals surface area contributed by atoms with Crippen LogP contribution in [0.1, 0.15) is 32.0 Å². The van der Waals surface area contributed by atoms with Gasteiger partial charge in [0.2, 0.25) is 0 Å². The molecule has 0 radical (unpaired) electrons. The molecule has 0 saturated carbocycles. The van der Waals surface area contributed by atoms with Crippen LogP contribution in [0.15, 0.2) is 6.07 Å². The standard InChI is InChI=1S/C15H26N4O2/c1-4-7-16-13-10-15(18-14(17-13)11-20-3)19(2)12-5-8-21-9-6-12/h10,12H,4-9,11H2,1-3H3,(H,16,17,18). The van der Waals surface area contributed by atoms with Crippen molar-refractivity contribution in [1.29, 1.82) is 0 Å². The number of nitrogens with zero attached hydrogens (tertiary/aromatic N) is 3. The highest BCUT2D eigenvalue weighted by Gasteiger charge is 2.20. The summed E-state index contributed by atoms with van der Waals surface area (Å²) in [7, 11) is 3.76. The molecule has 0 aliphatic carbocycles. The number of aromatic nitrogens is 2. The van der Waals surface area contributed by atoms with Crippen LogP contribution in [0.5, 0.6) is 0 Å². The Morgan fingerprint density at radius 2 is 2.14 bits per heavy atom. The number of hydrogen-bond donors (Lipinski definition) is 1. The predicted molar refractivity (Wildman–Crippen MR) is 83.8 cm³/mol. The Bertz CT molecular complexity index is 436. The van der Waals surface area contributed by atoms with Crippen molar-refractivity contribution in [1.82, 2.24) is 9.97 Å². The maximum atomic E-state index is 5.43. The molecule has 0 bridgehead atoms. The van der Waals surface area contributed by atoms with Gasteiger partial charge in [-0.25, -0.2) is 9.97 Å². The number of anilines is 2. The van der Waals surface area contributed by atoms with Crippen molar-refractivity contribution >= 4 is 11.6 Å². The molecule has 0 amide bonds. The van der Waals surface area contributed by atoms with Gasteiger partial charge in [0.15, 0.2) is 5.82 Å². The van der Waals surface area contributed by atoms with E-state index in [1.807, 2.05) is 6.07 Å². The van der Waals surface area contributed by atoms with Gasteiger partial charge >= 0.3 is 0 Å². The van der Waals surface area contributed by atoms with Gasteiger partial charge in [-0.05, 0) is 19.3 Å². The minimum absolute atomic E-state index is 0.427. The Morgan fingerprint density at radius 3 is 2.81 bits per heavy atom. The quantitative estimate of drug-likeness (QED) is 0.830. The minimum atomic E-state index is 0.427. The molecular formula is C15H26N4O2. The number of hydrogen-bond acceptors (Lipinski definition) is 6. The topological polar surface area (TPSA) is 59.5 Å². The highest BCUT2D eigenvalue weighted by atomic mass is 16.5. The van der Waals surface area contributed by atoms with Gasteiger partial charge in [-0.15, -0.1) is 0 Å². The second kappa shape index (κ2) is 8.14. The highest BCUT2D eigenvalue weighted by Crippen LogP contribution is 2.22. The normalized spacial score (nSPS) is 16.0. The molecule has 0 atom stereocenters. The van der Waals surface area contributed by atoms with E-state index in [9.17, 15) is 0 Å². The minimum Gasteiger partial charge on any atom is -0.381 e. The summed E-state index contributed by atoms with van der Waals surface area (Å²) in [6.45, 7) is 5.12. The van der Waals surface area contributed by atoms with Crippen LogP contribution in [0, 0.1) is 0 Å². The Balaban J connectivity index is 2.16. The summed E-state index contributed by atoms with van der Waals surface area (Å²) in [5, 5.41) is 3.33. The first kappa shape index (κ1) is 16.0. The van der Waals surface area contributed by atoms with Crippen molar-refractivity contribution in [2.24, 2.45) is 0 Å². The lowest BCUT2D eigenvalue weighted by Gasteiger charge is -2.32. The summed E-state index contributed by atoms with van der Waals surface area (Å²) in [4.78, 5) is 11.3. The zero-order valence-electron chi connectivity index (χ0n) is 13.3. The molecule has 1 aliphatic rings. The molecule has 0 aromatic carbocycles. The third kappa shape index (κ3) is 4.54. The summed E-state index contributed by atoms with van der Waals surface area (Å²) in [5.41, 5.74) is 0. The van der Waals surface area contributed by atoms with E-state index in [4.69, 9.17) is 9.47 Å². The van der Waals surface area contributed by atoms with Crippen molar-refractivity contribution in [2.75, 3.05) is 44.1 Å². The van der Waals surface area contributed by atoms with Crippen molar-refractivity contribution in [3.63, 3.8) is 0 Å². The average molecular weight is 294 g/mol. The Kier molecular flexibility index (Phi) is 6.20. The second-order valence-corrected chi connectivity index (χ2v) is 5.34. The van der Waals surface area contributed by atoms with E-state index in [-0.39, 0.29) is 0 Å². The fourth-order valence-electron chi connectivity index (χ4n) is 2.46. The molecule has 1 fully saturated rings. The molecule has 2 heterocycles. The van der Waals surface area contributed by atoms with Gasteiger partial charge in [-0.2, -0.15) is 0 Å². The smallest absolute Gasteiger partial charge is 0.158 e. The molecule has 1 N–H and O–H groups in total. The van der Waals surface area contributed by atoms with E-state index in [0.717, 1.165) is 50.7 Å². The van der Waals surface area contributed by atoms with Crippen LogP contribution in [0.2, 0.25) is 0 Å². The lowest BCUT2D eigenvalue weighted by Crippen LogP contribution is -2.37. The Morgan fingerprint density at radius 1 is 1.38 bits per heavy atom. The lowest BCUT2D eigenvalue weighted by atomic mass is 10.1.